The Morgan fingerprint density at radius 1 is 0.837 bits per heavy atom. The predicted octanol–water partition coefficient (Wildman–Crippen LogP) is 6.20. The van der Waals surface area contributed by atoms with E-state index in [2.05, 4.69) is 35.4 Å². The van der Waals surface area contributed by atoms with Crippen LogP contribution in [-0.4, -0.2) is 30.7 Å². The van der Waals surface area contributed by atoms with Gasteiger partial charge in [-0.25, -0.2) is 21.9 Å². The maximum atomic E-state index is 13.5. The van der Waals surface area contributed by atoms with Crippen molar-refractivity contribution in [2.24, 2.45) is 0 Å². The van der Waals surface area contributed by atoms with Crippen LogP contribution in [0.5, 0.6) is 5.75 Å². The van der Waals surface area contributed by atoms with E-state index in [0.717, 1.165) is 29.4 Å². The SMILES string of the molecule is O=C(CCCCc1ccc(Cn2cccn2)cc1OCCc1ccc2ccccc2c1)NS(=O)(=O)c1ccc(F)c(F)c1. The lowest BCUT2D eigenvalue weighted by Crippen LogP contribution is -2.30. The van der Waals surface area contributed by atoms with Gasteiger partial charge in [-0.2, -0.15) is 5.10 Å². The Kier molecular flexibility index (Phi) is 9.46. The lowest BCUT2D eigenvalue weighted by atomic mass is 10.0. The smallest absolute Gasteiger partial charge is 0.264 e. The Hall–Kier alpha value is -4.57. The van der Waals surface area contributed by atoms with E-state index in [1.807, 2.05) is 52.0 Å². The van der Waals surface area contributed by atoms with Gasteiger partial charge in [-0.15, -0.1) is 0 Å². The van der Waals surface area contributed by atoms with E-state index in [-0.39, 0.29) is 6.42 Å². The van der Waals surface area contributed by atoms with Gasteiger partial charge < -0.3 is 4.74 Å². The zero-order valence-electron chi connectivity index (χ0n) is 23.4. The number of sulfonamides is 1. The lowest BCUT2D eigenvalue weighted by Gasteiger charge is -2.14. The van der Waals surface area contributed by atoms with Gasteiger partial charge in [-0.05, 0) is 77.1 Å². The van der Waals surface area contributed by atoms with Crippen molar-refractivity contribution in [1.29, 1.82) is 0 Å². The molecule has 1 aromatic heterocycles. The molecule has 0 radical (unpaired) electrons. The Balaban J connectivity index is 1.18. The van der Waals surface area contributed by atoms with E-state index in [1.54, 1.807) is 6.20 Å². The summed E-state index contributed by atoms with van der Waals surface area (Å²) >= 11 is 0. The topological polar surface area (TPSA) is 90.3 Å². The van der Waals surface area contributed by atoms with E-state index in [0.29, 0.717) is 44.5 Å². The highest BCUT2D eigenvalue weighted by atomic mass is 32.2. The molecule has 5 rings (SSSR count). The third kappa shape index (κ3) is 8.04. The summed E-state index contributed by atoms with van der Waals surface area (Å²) in [7, 11) is -4.30. The minimum atomic E-state index is -4.30. The summed E-state index contributed by atoms with van der Waals surface area (Å²) in [4.78, 5) is 11.8. The van der Waals surface area contributed by atoms with Crippen LogP contribution >= 0.6 is 0 Å². The molecule has 0 unspecified atom stereocenters. The highest BCUT2D eigenvalue weighted by Crippen LogP contribution is 2.24. The second-order valence-corrected chi connectivity index (χ2v) is 11.9. The van der Waals surface area contributed by atoms with Crippen LogP contribution in [0.1, 0.15) is 36.0 Å². The number of ether oxygens (including phenoxy) is 1. The number of hydrogen-bond acceptors (Lipinski definition) is 5. The van der Waals surface area contributed by atoms with Crippen molar-refractivity contribution in [2.75, 3.05) is 6.61 Å². The van der Waals surface area contributed by atoms with Crippen LogP contribution in [0.4, 0.5) is 8.78 Å². The molecule has 43 heavy (non-hydrogen) atoms. The molecule has 1 N–H and O–H groups in total. The molecule has 5 aromatic rings. The number of aryl methyl sites for hydroxylation is 1. The molecule has 0 aliphatic rings. The van der Waals surface area contributed by atoms with Crippen molar-refractivity contribution in [3.05, 3.63) is 126 Å². The van der Waals surface area contributed by atoms with Gasteiger partial charge in [0.2, 0.25) is 5.91 Å². The molecule has 1 heterocycles. The first-order valence-corrected chi connectivity index (χ1v) is 15.5. The fourth-order valence-corrected chi connectivity index (χ4v) is 5.82. The summed E-state index contributed by atoms with van der Waals surface area (Å²) in [6, 6.07) is 24.7. The molecule has 0 bridgehead atoms. The number of carbonyl (C=O) groups is 1. The summed E-state index contributed by atoms with van der Waals surface area (Å²) in [6.45, 7) is 1.09. The molecule has 1 amide bonds. The van der Waals surface area contributed by atoms with Gasteiger partial charge in [-0.3, -0.25) is 9.48 Å². The van der Waals surface area contributed by atoms with E-state index in [9.17, 15) is 22.0 Å². The average Bonchev–Trinajstić information content (AvgIpc) is 3.50. The van der Waals surface area contributed by atoms with Gasteiger partial charge in [0.05, 0.1) is 18.0 Å². The normalized spacial score (nSPS) is 11.5. The highest BCUT2D eigenvalue weighted by molar-refractivity contribution is 7.90. The van der Waals surface area contributed by atoms with E-state index in [4.69, 9.17) is 4.74 Å². The van der Waals surface area contributed by atoms with Crippen LogP contribution in [0.25, 0.3) is 10.8 Å². The predicted molar refractivity (Wildman–Crippen MR) is 160 cm³/mol. The minimum absolute atomic E-state index is 0.0432. The molecule has 0 aliphatic heterocycles. The number of nitrogens with zero attached hydrogens (tertiary/aromatic N) is 2. The Morgan fingerprint density at radius 3 is 2.44 bits per heavy atom. The van der Waals surface area contributed by atoms with Gasteiger partial charge in [-0.1, -0.05) is 54.6 Å². The molecule has 0 atom stereocenters. The van der Waals surface area contributed by atoms with Crippen molar-refractivity contribution in [2.45, 2.75) is 43.5 Å². The number of rotatable bonds is 13. The third-order valence-electron chi connectivity index (χ3n) is 7.05. The van der Waals surface area contributed by atoms with Crippen molar-refractivity contribution in [3.63, 3.8) is 0 Å². The number of unbranched alkanes of at least 4 members (excludes halogenated alkanes) is 1. The van der Waals surface area contributed by atoms with Gasteiger partial charge >= 0.3 is 0 Å². The second kappa shape index (κ2) is 13.6. The number of carbonyl (C=O) groups excluding carboxylic acids is 1. The molecule has 10 heteroatoms. The maximum Gasteiger partial charge on any atom is 0.264 e. The third-order valence-corrected chi connectivity index (χ3v) is 8.42. The standard InChI is InChI=1S/C33H31F2N3O4S/c34-30-15-14-29(22-31(30)35)43(40,41)37-33(39)9-4-3-7-27-13-11-25(23-38-18-5-17-36-38)21-32(27)42-19-16-24-10-12-26-6-1-2-8-28(26)20-24/h1-2,5-6,8,10-15,17-18,20-22H,3-4,7,9,16,19,23H2,(H,37,39). The van der Waals surface area contributed by atoms with Gasteiger partial charge in [0.1, 0.15) is 5.75 Å². The number of aromatic nitrogens is 2. The zero-order chi connectivity index (χ0) is 30.2. The molecule has 222 valence electrons. The van der Waals surface area contributed by atoms with E-state index < -0.39 is 32.5 Å². The number of nitrogens with one attached hydrogen (secondary N) is 1. The largest absolute Gasteiger partial charge is 0.493 e. The lowest BCUT2D eigenvalue weighted by molar-refractivity contribution is -0.119. The summed E-state index contributed by atoms with van der Waals surface area (Å²) in [5.41, 5.74) is 3.20. The summed E-state index contributed by atoms with van der Waals surface area (Å²) in [6.07, 6.45) is 5.97. The van der Waals surface area contributed by atoms with E-state index in [1.165, 1.54) is 16.3 Å². The maximum absolute atomic E-state index is 13.5. The molecule has 4 aromatic carbocycles. The van der Waals surface area contributed by atoms with Crippen molar-refractivity contribution < 1.29 is 26.7 Å². The monoisotopic (exact) mass is 603 g/mol. The Labute approximate surface area is 249 Å². The number of fused-ring (bicyclic) bond motifs is 1. The van der Waals surface area contributed by atoms with Crippen LogP contribution in [0, 0.1) is 11.6 Å². The number of hydrogen-bond donors (Lipinski definition) is 1. The summed E-state index contributed by atoms with van der Waals surface area (Å²) < 4.78 is 61.4. The molecular weight excluding hydrogens is 572 g/mol. The minimum Gasteiger partial charge on any atom is -0.493 e. The summed E-state index contributed by atoms with van der Waals surface area (Å²) in [5.74, 6) is -2.43. The highest BCUT2D eigenvalue weighted by Gasteiger charge is 2.19. The van der Waals surface area contributed by atoms with Gasteiger partial charge in [0.15, 0.2) is 11.6 Å². The number of halogens is 2. The van der Waals surface area contributed by atoms with Crippen molar-refractivity contribution >= 4 is 26.7 Å². The zero-order valence-corrected chi connectivity index (χ0v) is 24.2. The van der Waals surface area contributed by atoms with Gasteiger partial charge in [0.25, 0.3) is 10.0 Å². The van der Waals surface area contributed by atoms with Crippen molar-refractivity contribution in [1.82, 2.24) is 14.5 Å². The Bertz CT molecular complexity index is 1830. The molecule has 0 spiro atoms. The first-order valence-electron chi connectivity index (χ1n) is 14.0. The molecule has 0 fully saturated rings. The molecule has 7 nitrogen and oxygen atoms in total. The van der Waals surface area contributed by atoms with Crippen LogP contribution in [0.2, 0.25) is 0 Å². The van der Waals surface area contributed by atoms with Crippen LogP contribution in [-0.2, 0) is 34.2 Å². The number of amides is 1. The first-order chi connectivity index (χ1) is 20.8. The quantitative estimate of drug-likeness (QED) is 0.162. The average molecular weight is 604 g/mol. The van der Waals surface area contributed by atoms with E-state index >= 15 is 0 Å². The number of benzene rings is 4. The Morgan fingerprint density at radius 2 is 1.65 bits per heavy atom. The first kappa shape index (κ1) is 29.9. The van der Waals surface area contributed by atoms with Crippen LogP contribution < -0.4 is 9.46 Å². The molecule has 0 aliphatic carbocycles. The summed E-state index contributed by atoms with van der Waals surface area (Å²) in [5, 5.41) is 6.66. The van der Waals surface area contributed by atoms with Crippen molar-refractivity contribution in [3.8, 4) is 5.75 Å². The van der Waals surface area contributed by atoms with Crippen LogP contribution in [0.3, 0.4) is 0 Å². The fraction of sp³-hybridized carbons (Fsp3) is 0.212. The second-order valence-electron chi connectivity index (χ2n) is 10.2. The fourth-order valence-electron chi connectivity index (χ4n) is 4.80. The molecular formula is C33H31F2N3O4S. The molecule has 0 saturated heterocycles. The molecule has 0 saturated carbocycles. The van der Waals surface area contributed by atoms with Gasteiger partial charge in [0, 0.05) is 25.2 Å². The van der Waals surface area contributed by atoms with Crippen LogP contribution in [0.15, 0.2) is 102 Å².